The van der Waals surface area contributed by atoms with Gasteiger partial charge in [-0.2, -0.15) is 0 Å². The highest BCUT2D eigenvalue weighted by molar-refractivity contribution is 5.86. The van der Waals surface area contributed by atoms with Gasteiger partial charge in [0.15, 0.2) is 0 Å². The minimum atomic E-state index is 0. The van der Waals surface area contributed by atoms with E-state index in [9.17, 15) is 0 Å². The lowest BCUT2D eigenvalue weighted by atomic mass is 10.1. The number of hydrogen-bond acceptors (Lipinski definition) is 3. The van der Waals surface area contributed by atoms with Crippen LogP contribution in [0.5, 0.6) is 0 Å². The topological polar surface area (TPSA) is 78.1 Å². The highest BCUT2D eigenvalue weighted by atomic mass is 35.5. The third-order valence-corrected chi connectivity index (χ3v) is 1.07. The Balaban J connectivity index is -0.0000000817. The number of nitrogens with two attached hydrogens (primary N) is 3. The van der Waals surface area contributed by atoms with Crippen LogP contribution in [0.1, 0.15) is 12.8 Å². The first-order chi connectivity index (χ1) is 3.81. The summed E-state index contributed by atoms with van der Waals surface area (Å²) in [4.78, 5) is 0. The van der Waals surface area contributed by atoms with Crippen LogP contribution >= 0.6 is 37.2 Å². The number of halogens is 3. The van der Waals surface area contributed by atoms with Crippen LogP contribution in [0.15, 0.2) is 0 Å². The first-order valence-electron chi connectivity index (χ1n) is 2.97. The van der Waals surface area contributed by atoms with Gasteiger partial charge in [0.05, 0.1) is 0 Å². The van der Waals surface area contributed by atoms with E-state index < -0.39 is 0 Å². The Bertz CT molecular complexity index is 50.2. The molecule has 0 unspecified atom stereocenters. The molecule has 0 saturated heterocycles. The van der Waals surface area contributed by atoms with E-state index in [0.717, 1.165) is 12.8 Å². The fourth-order valence-electron chi connectivity index (χ4n) is 0.572. The highest BCUT2D eigenvalue weighted by Gasteiger charge is 1.96. The van der Waals surface area contributed by atoms with Gasteiger partial charge < -0.3 is 17.2 Å². The van der Waals surface area contributed by atoms with Crippen molar-refractivity contribution in [3.05, 3.63) is 0 Å². The Labute approximate surface area is 86.7 Å². The second-order valence-corrected chi connectivity index (χ2v) is 1.91. The van der Waals surface area contributed by atoms with Crippen LogP contribution in [0, 0.1) is 0 Å². The SMILES string of the molecule is Cl.Cl.Cl.NCCC(N)CCN. The smallest absolute Gasteiger partial charge is 0.00628 e. The molecule has 0 saturated carbocycles. The van der Waals surface area contributed by atoms with Crippen molar-refractivity contribution in [1.82, 2.24) is 0 Å². The molecule has 0 aliphatic carbocycles. The molecule has 0 aliphatic heterocycles. The molecule has 0 heterocycles. The summed E-state index contributed by atoms with van der Waals surface area (Å²) in [5.74, 6) is 0. The maximum absolute atomic E-state index is 5.53. The molecule has 0 aromatic heterocycles. The van der Waals surface area contributed by atoms with Gasteiger partial charge in [-0.25, -0.2) is 0 Å². The Morgan fingerprint density at radius 3 is 1.27 bits per heavy atom. The van der Waals surface area contributed by atoms with Crippen molar-refractivity contribution >= 4 is 37.2 Å². The average Bonchev–Trinajstić information content (AvgIpc) is 1.68. The summed E-state index contributed by atoms with van der Waals surface area (Å²) in [6.07, 6.45) is 1.77. The quantitative estimate of drug-likeness (QED) is 0.644. The third-order valence-electron chi connectivity index (χ3n) is 1.07. The minimum absolute atomic E-state index is 0. The minimum Gasteiger partial charge on any atom is -0.330 e. The Morgan fingerprint density at radius 2 is 1.09 bits per heavy atom. The molecular weight excluding hydrogens is 208 g/mol. The Morgan fingerprint density at radius 1 is 0.818 bits per heavy atom. The van der Waals surface area contributed by atoms with Crippen molar-refractivity contribution in [2.24, 2.45) is 17.2 Å². The molecule has 0 radical (unpaired) electrons. The molecule has 11 heavy (non-hydrogen) atoms. The van der Waals surface area contributed by atoms with Crippen molar-refractivity contribution in [2.75, 3.05) is 13.1 Å². The molecule has 74 valence electrons. The summed E-state index contributed by atoms with van der Waals surface area (Å²) in [6.45, 7) is 1.34. The molecule has 0 atom stereocenters. The average molecular weight is 227 g/mol. The van der Waals surface area contributed by atoms with Gasteiger partial charge in [0.2, 0.25) is 0 Å². The lowest BCUT2D eigenvalue weighted by Crippen LogP contribution is -2.26. The van der Waals surface area contributed by atoms with Gasteiger partial charge in [-0.15, -0.1) is 37.2 Å². The molecule has 0 bridgehead atoms. The van der Waals surface area contributed by atoms with Crippen LogP contribution in [0.25, 0.3) is 0 Å². The van der Waals surface area contributed by atoms with Crippen LogP contribution in [-0.2, 0) is 0 Å². The summed E-state index contributed by atoms with van der Waals surface area (Å²) in [5.41, 5.74) is 16.0. The van der Waals surface area contributed by atoms with Gasteiger partial charge in [0.25, 0.3) is 0 Å². The summed E-state index contributed by atoms with van der Waals surface area (Å²) in [7, 11) is 0. The molecule has 0 fully saturated rings. The standard InChI is InChI=1S/C5H15N3.3ClH/c6-3-1-5(8)2-4-7;;;/h5H,1-4,6-8H2;3*1H. The third kappa shape index (κ3) is 18.1. The number of hydrogen-bond donors (Lipinski definition) is 3. The molecule has 3 nitrogen and oxygen atoms in total. The second kappa shape index (κ2) is 17.0. The van der Waals surface area contributed by atoms with Gasteiger partial charge in [0, 0.05) is 6.04 Å². The molecule has 0 aromatic rings. The van der Waals surface area contributed by atoms with Gasteiger partial charge in [-0.3, -0.25) is 0 Å². The lowest BCUT2D eigenvalue weighted by Gasteiger charge is -2.05. The van der Waals surface area contributed by atoms with Crippen LogP contribution in [-0.4, -0.2) is 19.1 Å². The zero-order valence-corrected chi connectivity index (χ0v) is 8.81. The van der Waals surface area contributed by atoms with Crippen molar-refractivity contribution < 1.29 is 0 Å². The van der Waals surface area contributed by atoms with Gasteiger partial charge in [-0.05, 0) is 25.9 Å². The van der Waals surface area contributed by atoms with Crippen LogP contribution in [0.3, 0.4) is 0 Å². The monoisotopic (exact) mass is 225 g/mol. The number of rotatable bonds is 4. The Hall–Kier alpha value is 0.750. The zero-order valence-electron chi connectivity index (χ0n) is 6.36. The van der Waals surface area contributed by atoms with E-state index >= 15 is 0 Å². The fourth-order valence-corrected chi connectivity index (χ4v) is 0.572. The van der Waals surface area contributed by atoms with Crippen LogP contribution in [0.2, 0.25) is 0 Å². The predicted molar refractivity (Wildman–Crippen MR) is 57.1 cm³/mol. The summed E-state index contributed by atoms with van der Waals surface area (Å²) < 4.78 is 0. The van der Waals surface area contributed by atoms with Gasteiger partial charge in [-0.1, -0.05) is 0 Å². The molecule has 0 rings (SSSR count). The summed E-state index contributed by atoms with van der Waals surface area (Å²) in [6, 6.07) is 0.213. The fraction of sp³-hybridized carbons (Fsp3) is 1.00. The van der Waals surface area contributed by atoms with Gasteiger partial charge in [0.1, 0.15) is 0 Å². The molecule has 0 aliphatic rings. The lowest BCUT2D eigenvalue weighted by molar-refractivity contribution is 0.583. The van der Waals surface area contributed by atoms with Crippen molar-refractivity contribution in [3.63, 3.8) is 0 Å². The maximum Gasteiger partial charge on any atom is 0.00628 e. The van der Waals surface area contributed by atoms with Crippen molar-refractivity contribution in [1.29, 1.82) is 0 Å². The van der Waals surface area contributed by atoms with E-state index in [1.807, 2.05) is 0 Å². The highest BCUT2D eigenvalue weighted by Crippen LogP contribution is 1.88. The van der Waals surface area contributed by atoms with Crippen LogP contribution < -0.4 is 17.2 Å². The zero-order chi connectivity index (χ0) is 6.41. The predicted octanol–water partition coefficient (Wildman–Crippen LogP) is 0.277. The van der Waals surface area contributed by atoms with E-state index in [1.165, 1.54) is 0 Å². The van der Waals surface area contributed by atoms with E-state index in [4.69, 9.17) is 17.2 Å². The van der Waals surface area contributed by atoms with E-state index in [1.54, 1.807) is 0 Å². The normalized spacial score (nSPS) is 7.64. The molecule has 6 heteroatoms. The van der Waals surface area contributed by atoms with Crippen molar-refractivity contribution in [2.45, 2.75) is 18.9 Å². The summed E-state index contributed by atoms with van der Waals surface area (Å²) in [5, 5.41) is 0. The second-order valence-electron chi connectivity index (χ2n) is 1.91. The largest absolute Gasteiger partial charge is 0.330 e. The molecule has 0 aromatic carbocycles. The van der Waals surface area contributed by atoms with Gasteiger partial charge >= 0.3 is 0 Å². The molecule has 0 amide bonds. The maximum atomic E-state index is 5.53. The van der Waals surface area contributed by atoms with E-state index in [2.05, 4.69) is 0 Å². The van der Waals surface area contributed by atoms with Crippen LogP contribution in [0.4, 0.5) is 0 Å². The molecular formula is C5H18Cl3N3. The first-order valence-corrected chi connectivity index (χ1v) is 2.97. The molecule has 6 N–H and O–H groups in total. The van der Waals surface area contributed by atoms with Crippen molar-refractivity contribution in [3.8, 4) is 0 Å². The van der Waals surface area contributed by atoms with E-state index in [0.29, 0.717) is 13.1 Å². The molecule has 0 spiro atoms. The summed E-state index contributed by atoms with van der Waals surface area (Å²) >= 11 is 0. The van der Waals surface area contributed by atoms with E-state index in [-0.39, 0.29) is 43.3 Å². The Kier molecular flexibility index (Phi) is 35.0. The first kappa shape index (κ1) is 22.6.